The highest BCUT2D eigenvalue weighted by atomic mass is 79.9. The van der Waals surface area contributed by atoms with Gasteiger partial charge in [-0.1, -0.05) is 119 Å². The van der Waals surface area contributed by atoms with Gasteiger partial charge in [-0.25, -0.2) is 0 Å². The van der Waals surface area contributed by atoms with Crippen molar-refractivity contribution in [2.75, 3.05) is 10.6 Å². The Bertz CT molecular complexity index is 1470. The van der Waals surface area contributed by atoms with E-state index in [0.717, 1.165) is 16.7 Å². The molecule has 0 saturated heterocycles. The summed E-state index contributed by atoms with van der Waals surface area (Å²) in [6.45, 7) is 0. The molecule has 0 aliphatic heterocycles. The summed E-state index contributed by atoms with van der Waals surface area (Å²) >= 11 is 9.39. The minimum atomic E-state index is -0.844. The molecule has 5 aromatic rings. The molecule has 1 N–H and O–H groups in total. The van der Waals surface area contributed by atoms with E-state index in [-0.39, 0.29) is 22.6 Å². The number of aromatic nitrogens is 2. The van der Waals surface area contributed by atoms with Crippen LogP contribution >= 0.6 is 27.5 Å². The van der Waals surface area contributed by atoms with Crippen LogP contribution in [-0.4, -0.2) is 26.8 Å². The van der Waals surface area contributed by atoms with Crippen LogP contribution in [-0.2, 0) is 10.3 Å². The number of ketones is 1. The molecule has 5 rings (SSSR count). The number of carbonyl (C=O) groups excluding carboxylic acids is 2. The van der Waals surface area contributed by atoms with Gasteiger partial charge in [-0.05, 0) is 34.9 Å². The molecule has 0 saturated carbocycles. The second kappa shape index (κ2) is 11.2. The highest BCUT2D eigenvalue weighted by Crippen LogP contribution is 2.40. The zero-order valence-electron chi connectivity index (χ0n) is 20.2. The summed E-state index contributed by atoms with van der Waals surface area (Å²) in [6.07, 6.45) is 3.31. The molecule has 1 aromatic heterocycles. The van der Waals surface area contributed by atoms with Crippen molar-refractivity contribution in [2.45, 2.75) is 5.54 Å². The fraction of sp³-hybridized carbons (Fsp3) is 0.0645. The van der Waals surface area contributed by atoms with Gasteiger partial charge < -0.3 is 5.32 Å². The molecule has 0 aliphatic rings. The third-order valence-corrected chi connectivity index (χ3v) is 7.13. The number of hydrogen-bond donors (Lipinski definition) is 1. The molecule has 0 atom stereocenters. The van der Waals surface area contributed by atoms with Crippen LogP contribution in [0.2, 0.25) is 5.02 Å². The first-order chi connectivity index (χ1) is 18.5. The fourth-order valence-corrected chi connectivity index (χ4v) is 5.02. The largest absolute Gasteiger partial charge is 0.325 e. The van der Waals surface area contributed by atoms with Gasteiger partial charge in [0.2, 0.25) is 5.91 Å². The monoisotopic (exact) mass is 583 g/mol. The summed E-state index contributed by atoms with van der Waals surface area (Å²) in [6, 6.07) is 35.1. The summed E-state index contributed by atoms with van der Waals surface area (Å²) in [5.74, 6) is -0.569. The molecule has 0 aliphatic carbocycles. The van der Waals surface area contributed by atoms with Crippen LogP contribution in [0.5, 0.6) is 0 Å². The lowest BCUT2D eigenvalue weighted by atomic mass is 9.77. The molecular formula is C31H23BrClN3O2. The van der Waals surface area contributed by atoms with Crippen LogP contribution in [0.3, 0.4) is 0 Å². The smallest absolute Gasteiger partial charge is 0.235 e. The Labute approximate surface area is 234 Å². The number of nitrogens with one attached hydrogen (secondary N) is 1. The van der Waals surface area contributed by atoms with E-state index in [1.807, 2.05) is 59.3 Å². The Morgan fingerprint density at radius 3 is 1.84 bits per heavy atom. The molecule has 5 nitrogen and oxygen atoms in total. The fourth-order valence-electron chi connectivity index (χ4n) is 4.71. The highest BCUT2D eigenvalue weighted by Gasteiger charge is 2.39. The Hall–Kier alpha value is -4.00. The van der Waals surface area contributed by atoms with Crippen LogP contribution in [0.1, 0.15) is 32.6 Å². The molecule has 0 fully saturated rings. The quantitative estimate of drug-likeness (QED) is 0.122. The van der Waals surface area contributed by atoms with Crippen molar-refractivity contribution in [2.24, 2.45) is 0 Å². The molecular weight excluding hydrogens is 562 g/mol. The van der Waals surface area contributed by atoms with Crippen molar-refractivity contribution in [1.29, 1.82) is 0 Å². The van der Waals surface area contributed by atoms with Crippen molar-refractivity contribution >= 4 is 44.9 Å². The maximum Gasteiger partial charge on any atom is 0.235 e. The lowest BCUT2D eigenvalue weighted by Gasteiger charge is -2.36. The molecule has 1 heterocycles. The van der Waals surface area contributed by atoms with E-state index in [4.69, 9.17) is 16.7 Å². The van der Waals surface area contributed by atoms with Gasteiger partial charge in [0.15, 0.2) is 5.78 Å². The summed E-state index contributed by atoms with van der Waals surface area (Å²) < 4.78 is 1.83. The van der Waals surface area contributed by atoms with E-state index in [0.29, 0.717) is 16.3 Å². The van der Waals surface area contributed by atoms with Crippen LogP contribution in [0.4, 0.5) is 5.69 Å². The van der Waals surface area contributed by atoms with E-state index in [9.17, 15) is 9.59 Å². The predicted molar refractivity (Wildman–Crippen MR) is 154 cm³/mol. The number of hydrogen-bond acceptors (Lipinski definition) is 3. The number of alkyl halides is 1. The van der Waals surface area contributed by atoms with Crippen LogP contribution in [0, 0.1) is 0 Å². The first-order valence-electron chi connectivity index (χ1n) is 12.0. The molecule has 4 aromatic carbocycles. The third kappa shape index (κ3) is 4.80. The van der Waals surface area contributed by atoms with Crippen molar-refractivity contribution in [1.82, 2.24) is 9.78 Å². The van der Waals surface area contributed by atoms with Gasteiger partial charge in [-0.15, -0.1) is 0 Å². The molecule has 7 heteroatoms. The van der Waals surface area contributed by atoms with E-state index in [2.05, 4.69) is 57.6 Å². The molecule has 188 valence electrons. The molecule has 0 unspecified atom stereocenters. The van der Waals surface area contributed by atoms with E-state index < -0.39 is 5.54 Å². The van der Waals surface area contributed by atoms with Gasteiger partial charge in [0, 0.05) is 16.8 Å². The minimum Gasteiger partial charge on any atom is -0.325 e. The standard InChI is InChI=1S/C31H23BrClN3O2/c32-19-29(37)35-28-17-16-26(33)18-27(28)30(38)22-20-34-36(21-22)31(23-10-4-1-5-11-23,24-12-6-2-7-13-24)25-14-8-3-9-15-25/h1-18,20-21H,19H2,(H,35,37). The van der Waals surface area contributed by atoms with Gasteiger partial charge in [-0.2, -0.15) is 5.10 Å². The second-order valence-electron chi connectivity index (χ2n) is 8.68. The number of anilines is 1. The van der Waals surface area contributed by atoms with Crippen LogP contribution in [0.25, 0.3) is 0 Å². The minimum absolute atomic E-state index is 0.106. The van der Waals surface area contributed by atoms with E-state index >= 15 is 0 Å². The lowest BCUT2D eigenvalue weighted by molar-refractivity contribution is -0.113. The molecule has 0 radical (unpaired) electrons. The average Bonchev–Trinajstić information content (AvgIpc) is 3.46. The SMILES string of the molecule is O=C(CBr)Nc1ccc(Cl)cc1C(=O)c1cnn(C(c2ccccc2)(c2ccccc2)c2ccccc2)c1. The molecule has 1 amide bonds. The Morgan fingerprint density at radius 1 is 0.816 bits per heavy atom. The number of halogens is 2. The van der Waals surface area contributed by atoms with Gasteiger partial charge in [0.05, 0.1) is 22.8 Å². The maximum atomic E-state index is 13.8. The Morgan fingerprint density at radius 2 is 1.34 bits per heavy atom. The van der Waals surface area contributed by atoms with Crippen molar-refractivity contribution < 1.29 is 9.59 Å². The highest BCUT2D eigenvalue weighted by molar-refractivity contribution is 9.09. The first kappa shape index (κ1) is 25.6. The van der Waals surface area contributed by atoms with Crippen LogP contribution in [0.15, 0.2) is 122 Å². The molecule has 0 spiro atoms. The second-order valence-corrected chi connectivity index (χ2v) is 9.68. The van der Waals surface area contributed by atoms with Gasteiger partial charge in [0.1, 0.15) is 5.54 Å². The number of amides is 1. The average molecular weight is 585 g/mol. The van der Waals surface area contributed by atoms with Crippen molar-refractivity contribution in [3.05, 3.63) is 154 Å². The Kier molecular flexibility index (Phi) is 7.54. The summed E-state index contributed by atoms with van der Waals surface area (Å²) in [5, 5.41) is 8.02. The van der Waals surface area contributed by atoms with Gasteiger partial charge in [-0.3, -0.25) is 14.3 Å². The van der Waals surface area contributed by atoms with E-state index in [1.54, 1.807) is 30.6 Å². The van der Waals surface area contributed by atoms with Gasteiger partial charge >= 0.3 is 0 Å². The number of nitrogens with zero attached hydrogens (tertiary/aromatic N) is 2. The van der Waals surface area contributed by atoms with Crippen molar-refractivity contribution in [3.8, 4) is 0 Å². The number of carbonyl (C=O) groups is 2. The number of benzene rings is 4. The van der Waals surface area contributed by atoms with Crippen LogP contribution < -0.4 is 5.32 Å². The topological polar surface area (TPSA) is 64.0 Å². The van der Waals surface area contributed by atoms with Gasteiger partial charge in [0.25, 0.3) is 0 Å². The van der Waals surface area contributed by atoms with E-state index in [1.165, 1.54) is 0 Å². The molecule has 38 heavy (non-hydrogen) atoms. The summed E-state index contributed by atoms with van der Waals surface area (Å²) in [7, 11) is 0. The first-order valence-corrected chi connectivity index (χ1v) is 13.5. The Balaban J connectivity index is 1.70. The molecule has 0 bridgehead atoms. The third-order valence-electron chi connectivity index (χ3n) is 6.38. The normalized spacial score (nSPS) is 11.2. The van der Waals surface area contributed by atoms with Crippen molar-refractivity contribution in [3.63, 3.8) is 0 Å². The maximum absolute atomic E-state index is 13.8. The summed E-state index contributed by atoms with van der Waals surface area (Å²) in [4.78, 5) is 25.8. The number of rotatable bonds is 8. The lowest BCUT2D eigenvalue weighted by Crippen LogP contribution is -2.38. The zero-order valence-corrected chi connectivity index (χ0v) is 22.6. The predicted octanol–water partition coefficient (Wildman–Crippen LogP) is 6.94. The zero-order chi connectivity index (χ0) is 26.5. The summed E-state index contributed by atoms with van der Waals surface area (Å²) in [5.41, 5.74) is 3.18.